The predicted octanol–water partition coefficient (Wildman–Crippen LogP) is 5.02. The topological polar surface area (TPSA) is 72.7 Å². The largest absolute Gasteiger partial charge is 0.301 e. The molecule has 4 rings (SSSR count). The molecule has 0 saturated heterocycles. The zero-order valence-corrected chi connectivity index (χ0v) is 18.2. The van der Waals surface area contributed by atoms with E-state index in [0.717, 1.165) is 29.2 Å². The minimum absolute atomic E-state index is 0.115. The highest BCUT2D eigenvalue weighted by atomic mass is 32.2. The number of aryl methyl sites for hydroxylation is 2. The van der Waals surface area contributed by atoms with Gasteiger partial charge in [-0.3, -0.25) is 9.36 Å². The minimum Gasteiger partial charge on any atom is -0.301 e. The summed E-state index contributed by atoms with van der Waals surface area (Å²) in [5.74, 6) is -1.28. The maximum atomic E-state index is 13.4. The van der Waals surface area contributed by atoms with Crippen LogP contribution < -0.4 is 5.32 Å². The molecule has 10 heteroatoms. The lowest BCUT2D eigenvalue weighted by molar-refractivity contribution is -0.113. The number of carbonyl (C=O) groups excluding carboxylic acids is 1. The van der Waals surface area contributed by atoms with E-state index < -0.39 is 11.6 Å². The number of amides is 1. The summed E-state index contributed by atoms with van der Waals surface area (Å²) in [6, 6.07) is 11.5. The molecule has 2 aromatic carbocycles. The summed E-state index contributed by atoms with van der Waals surface area (Å²) in [5, 5.41) is 13.7. The molecule has 1 amide bonds. The van der Waals surface area contributed by atoms with Gasteiger partial charge in [0, 0.05) is 16.6 Å². The Balaban J connectivity index is 1.42. The molecule has 6 nitrogen and oxygen atoms in total. The van der Waals surface area contributed by atoms with E-state index in [2.05, 4.69) is 20.5 Å². The third kappa shape index (κ3) is 4.80. The van der Waals surface area contributed by atoms with Crippen LogP contribution in [0.3, 0.4) is 0 Å². The third-order valence-electron chi connectivity index (χ3n) is 4.35. The van der Waals surface area contributed by atoms with Crippen molar-refractivity contribution in [1.29, 1.82) is 0 Å². The van der Waals surface area contributed by atoms with Gasteiger partial charge in [-0.05, 0) is 49.7 Å². The molecule has 0 aliphatic carbocycles. The van der Waals surface area contributed by atoms with E-state index in [9.17, 15) is 13.6 Å². The summed E-state index contributed by atoms with van der Waals surface area (Å²) in [6.07, 6.45) is 0. The first-order chi connectivity index (χ1) is 14.9. The second-order valence-corrected chi connectivity index (χ2v) is 8.51. The number of nitrogens with zero attached hydrogens (tertiary/aromatic N) is 4. The summed E-state index contributed by atoms with van der Waals surface area (Å²) in [5.41, 5.74) is 2.94. The van der Waals surface area contributed by atoms with Gasteiger partial charge in [0.1, 0.15) is 5.82 Å². The zero-order chi connectivity index (χ0) is 22.0. The lowest BCUT2D eigenvalue weighted by atomic mass is 10.2. The standard InChI is InChI=1S/C21H17F2N5OS2/c1-12-4-3-5-15(8-12)28-13(2)26-27-21(28)31-11-19(29)25-20-24-18(10-30-20)14-6-7-16(22)17(23)9-14/h3-10H,11H2,1-2H3,(H,24,25,29). The number of hydrogen-bond acceptors (Lipinski definition) is 6. The smallest absolute Gasteiger partial charge is 0.236 e. The quantitative estimate of drug-likeness (QED) is 0.412. The van der Waals surface area contributed by atoms with Crippen LogP contribution in [-0.4, -0.2) is 31.4 Å². The summed E-state index contributed by atoms with van der Waals surface area (Å²) in [7, 11) is 0. The lowest BCUT2D eigenvalue weighted by Gasteiger charge is -2.09. The maximum Gasteiger partial charge on any atom is 0.236 e. The van der Waals surface area contributed by atoms with Crippen LogP contribution in [-0.2, 0) is 4.79 Å². The van der Waals surface area contributed by atoms with Crippen molar-refractivity contribution in [1.82, 2.24) is 19.7 Å². The van der Waals surface area contributed by atoms with Gasteiger partial charge in [-0.25, -0.2) is 13.8 Å². The Kier molecular flexibility index (Phi) is 6.10. The van der Waals surface area contributed by atoms with Crippen molar-refractivity contribution in [2.75, 3.05) is 11.1 Å². The Morgan fingerprint density at radius 1 is 1.13 bits per heavy atom. The Bertz CT molecular complexity index is 1250. The number of benzene rings is 2. The van der Waals surface area contributed by atoms with Gasteiger partial charge in [0.2, 0.25) is 5.91 Å². The van der Waals surface area contributed by atoms with Crippen LogP contribution in [0.25, 0.3) is 16.9 Å². The van der Waals surface area contributed by atoms with E-state index in [1.165, 1.54) is 29.2 Å². The van der Waals surface area contributed by atoms with E-state index in [1.54, 1.807) is 5.38 Å². The van der Waals surface area contributed by atoms with Gasteiger partial charge in [0.15, 0.2) is 21.9 Å². The predicted molar refractivity (Wildman–Crippen MR) is 118 cm³/mol. The lowest BCUT2D eigenvalue weighted by Crippen LogP contribution is -2.14. The van der Waals surface area contributed by atoms with Crippen molar-refractivity contribution in [3.63, 3.8) is 0 Å². The number of thiazole rings is 1. The molecule has 0 bridgehead atoms. The molecular weight excluding hydrogens is 440 g/mol. The van der Waals surface area contributed by atoms with Crippen molar-refractivity contribution in [2.45, 2.75) is 19.0 Å². The molecule has 4 aromatic rings. The van der Waals surface area contributed by atoms with Gasteiger partial charge in [-0.2, -0.15) is 0 Å². The summed E-state index contributed by atoms with van der Waals surface area (Å²) < 4.78 is 28.4. The Hall–Kier alpha value is -3.11. The molecule has 0 aliphatic heterocycles. The fourth-order valence-electron chi connectivity index (χ4n) is 2.91. The minimum atomic E-state index is -0.944. The maximum absolute atomic E-state index is 13.4. The average molecular weight is 458 g/mol. The molecule has 2 aromatic heterocycles. The number of aromatic nitrogens is 4. The summed E-state index contributed by atoms with van der Waals surface area (Å²) in [6.45, 7) is 3.86. The van der Waals surface area contributed by atoms with Crippen LogP contribution in [0.4, 0.5) is 13.9 Å². The van der Waals surface area contributed by atoms with Crippen LogP contribution in [0, 0.1) is 25.5 Å². The number of thioether (sulfide) groups is 1. The molecule has 0 spiro atoms. The molecular formula is C21H17F2N5OS2. The van der Waals surface area contributed by atoms with Crippen LogP contribution in [0.1, 0.15) is 11.4 Å². The molecule has 31 heavy (non-hydrogen) atoms. The van der Waals surface area contributed by atoms with Gasteiger partial charge >= 0.3 is 0 Å². The zero-order valence-electron chi connectivity index (χ0n) is 16.6. The number of anilines is 1. The highest BCUT2D eigenvalue weighted by Crippen LogP contribution is 2.27. The molecule has 2 heterocycles. The monoisotopic (exact) mass is 457 g/mol. The van der Waals surface area contributed by atoms with E-state index in [4.69, 9.17) is 0 Å². The SMILES string of the molecule is Cc1cccc(-n2c(C)nnc2SCC(=O)Nc2nc(-c3ccc(F)c(F)c3)cs2)c1. The Labute approximate surface area is 185 Å². The van der Waals surface area contributed by atoms with Gasteiger partial charge in [0.05, 0.1) is 11.4 Å². The Morgan fingerprint density at radius 3 is 2.74 bits per heavy atom. The van der Waals surface area contributed by atoms with Crippen molar-refractivity contribution < 1.29 is 13.6 Å². The highest BCUT2D eigenvalue weighted by molar-refractivity contribution is 7.99. The summed E-state index contributed by atoms with van der Waals surface area (Å²) in [4.78, 5) is 16.7. The molecule has 158 valence electrons. The fraction of sp³-hybridized carbons (Fsp3) is 0.143. The van der Waals surface area contributed by atoms with E-state index in [1.807, 2.05) is 42.7 Å². The molecule has 0 atom stereocenters. The number of hydrogen-bond donors (Lipinski definition) is 1. The van der Waals surface area contributed by atoms with Crippen molar-refractivity contribution in [3.05, 3.63) is 70.9 Å². The van der Waals surface area contributed by atoms with Crippen molar-refractivity contribution in [2.24, 2.45) is 0 Å². The number of rotatable bonds is 6. The number of nitrogens with one attached hydrogen (secondary N) is 1. The van der Waals surface area contributed by atoms with Crippen LogP contribution in [0.15, 0.2) is 53.0 Å². The van der Waals surface area contributed by atoms with Crippen LogP contribution in [0.2, 0.25) is 0 Å². The first kappa shape index (κ1) is 21.1. The van der Waals surface area contributed by atoms with Gasteiger partial charge in [-0.1, -0.05) is 23.9 Å². The fourth-order valence-corrected chi connectivity index (χ4v) is 4.44. The van der Waals surface area contributed by atoms with Gasteiger partial charge in [-0.15, -0.1) is 21.5 Å². The second kappa shape index (κ2) is 8.94. The molecule has 0 radical (unpaired) electrons. The normalized spacial score (nSPS) is 11.0. The number of halogens is 2. The molecule has 0 aliphatic rings. The van der Waals surface area contributed by atoms with Crippen molar-refractivity contribution in [3.8, 4) is 16.9 Å². The highest BCUT2D eigenvalue weighted by Gasteiger charge is 2.15. The molecule has 0 saturated carbocycles. The third-order valence-corrected chi connectivity index (χ3v) is 6.04. The first-order valence-electron chi connectivity index (χ1n) is 9.23. The first-order valence-corrected chi connectivity index (χ1v) is 11.1. The van der Waals surface area contributed by atoms with Gasteiger partial charge < -0.3 is 5.32 Å². The molecule has 0 unspecified atom stereocenters. The van der Waals surface area contributed by atoms with Crippen LogP contribution in [0.5, 0.6) is 0 Å². The average Bonchev–Trinajstić information content (AvgIpc) is 3.35. The second-order valence-electron chi connectivity index (χ2n) is 6.71. The van der Waals surface area contributed by atoms with E-state index in [-0.39, 0.29) is 11.7 Å². The van der Waals surface area contributed by atoms with E-state index in [0.29, 0.717) is 21.5 Å². The molecule has 0 fully saturated rings. The summed E-state index contributed by atoms with van der Waals surface area (Å²) >= 11 is 2.47. The van der Waals surface area contributed by atoms with E-state index >= 15 is 0 Å². The number of carbonyl (C=O) groups is 1. The van der Waals surface area contributed by atoms with Gasteiger partial charge in [0.25, 0.3) is 0 Å². The van der Waals surface area contributed by atoms with Crippen LogP contribution >= 0.6 is 23.1 Å². The van der Waals surface area contributed by atoms with Crippen molar-refractivity contribution >= 4 is 34.1 Å². The molecule has 1 N–H and O–H groups in total. The Morgan fingerprint density at radius 2 is 1.97 bits per heavy atom.